The molecule has 0 aromatic heterocycles. The molecule has 1 aliphatic rings. The molecule has 1 saturated heterocycles. The van der Waals surface area contributed by atoms with Gasteiger partial charge in [-0.3, -0.25) is 9.59 Å². The molecule has 2 rings (SSSR count). The SMILES string of the molecule is C=CCCO[C@@H](C)C(=O)N[C@H]1CCN(c2ccccc2Cl)C1=O. The van der Waals surface area contributed by atoms with Gasteiger partial charge in [-0.05, 0) is 31.9 Å². The second kappa shape index (κ2) is 8.13. The second-order valence-electron chi connectivity index (χ2n) is 5.38. The molecule has 1 aromatic rings. The molecule has 23 heavy (non-hydrogen) atoms. The summed E-state index contributed by atoms with van der Waals surface area (Å²) in [5.74, 6) is -0.432. The Balaban J connectivity index is 1.93. The number of nitrogens with one attached hydrogen (secondary N) is 1. The van der Waals surface area contributed by atoms with Crippen molar-refractivity contribution < 1.29 is 14.3 Å². The summed E-state index contributed by atoms with van der Waals surface area (Å²) in [6.45, 7) is 6.23. The maximum atomic E-state index is 12.5. The van der Waals surface area contributed by atoms with Crippen LogP contribution in [0.25, 0.3) is 0 Å². The van der Waals surface area contributed by atoms with Crippen LogP contribution in [0.1, 0.15) is 19.8 Å². The van der Waals surface area contributed by atoms with E-state index >= 15 is 0 Å². The summed E-state index contributed by atoms with van der Waals surface area (Å²) < 4.78 is 5.39. The van der Waals surface area contributed by atoms with Crippen LogP contribution in [0.4, 0.5) is 5.69 Å². The van der Waals surface area contributed by atoms with Gasteiger partial charge in [0.25, 0.3) is 0 Å². The van der Waals surface area contributed by atoms with Crippen molar-refractivity contribution in [3.05, 3.63) is 41.9 Å². The molecule has 1 aliphatic heterocycles. The molecule has 1 N–H and O–H groups in total. The average Bonchev–Trinajstić information content (AvgIpc) is 2.89. The molecular formula is C17H21ClN2O3. The number of anilines is 1. The lowest BCUT2D eigenvalue weighted by atomic mass is 10.2. The molecule has 1 aromatic carbocycles. The van der Waals surface area contributed by atoms with Gasteiger partial charge in [0.15, 0.2) is 0 Å². The summed E-state index contributed by atoms with van der Waals surface area (Å²) in [4.78, 5) is 26.2. The van der Waals surface area contributed by atoms with Gasteiger partial charge in [-0.15, -0.1) is 6.58 Å². The van der Waals surface area contributed by atoms with Gasteiger partial charge in [-0.1, -0.05) is 29.8 Å². The molecule has 0 aliphatic carbocycles. The number of carbonyl (C=O) groups is 2. The molecule has 0 bridgehead atoms. The van der Waals surface area contributed by atoms with Crippen LogP contribution in [0.2, 0.25) is 5.02 Å². The van der Waals surface area contributed by atoms with Crippen LogP contribution in [0.3, 0.4) is 0 Å². The average molecular weight is 337 g/mol. The van der Waals surface area contributed by atoms with Crippen LogP contribution in [0.15, 0.2) is 36.9 Å². The highest BCUT2D eigenvalue weighted by molar-refractivity contribution is 6.34. The second-order valence-corrected chi connectivity index (χ2v) is 5.79. The van der Waals surface area contributed by atoms with Gasteiger partial charge in [0.1, 0.15) is 12.1 Å². The number of nitrogens with zero attached hydrogens (tertiary/aromatic N) is 1. The lowest BCUT2D eigenvalue weighted by Crippen LogP contribution is -2.45. The number of carbonyl (C=O) groups excluding carboxylic acids is 2. The van der Waals surface area contributed by atoms with Crippen LogP contribution < -0.4 is 10.2 Å². The zero-order valence-electron chi connectivity index (χ0n) is 13.1. The minimum Gasteiger partial charge on any atom is -0.368 e. The zero-order valence-corrected chi connectivity index (χ0v) is 13.9. The van der Waals surface area contributed by atoms with Crippen molar-refractivity contribution >= 4 is 29.1 Å². The first-order chi connectivity index (χ1) is 11.0. The van der Waals surface area contributed by atoms with Gasteiger partial charge >= 0.3 is 0 Å². The van der Waals surface area contributed by atoms with E-state index in [1.165, 1.54) is 0 Å². The third-order valence-electron chi connectivity index (χ3n) is 3.72. The van der Waals surface area contributed by atoms with Crippen LogP contribution in [-0.4, -0.2) is 37.1 Å². The van der Waals surface area contributed by atoms with Crippen molar-refractivity contribution in [2.24, 2.45) is 0 Å². The summed E-state index contributed by atoms with van der Waals surface area (Å²) in [5, 5.41) is 3.27. The molecule has 2 atom stereocenters. The van der Waals surface area contributed by atoms with E-state index in [1.807, 2.05) is 12.1 Å². The highest BCUT2D eigenvalue weighted by atomic mass is 35.5. The predicted octanol–water partition coefficient (Wildman–Crippen LogP) is 2.54. The molecule has 1 fully saturated rings. The number of amides is 2. The van der Waals surface area contributed by atoms with E-state index in [9.17, 15) is 9.59 Å². The van der Waals surface area contributed by atoms with Gasteiger partial charge < -0.3 is 15.0 Å². The molecule has 124 valence electrons. The lowest BCUT2D eigenvalue weighted by molar-refractivity contribution is -0.134. The van der Waals surface area contributed by atoms with E-state index in [2.05, 4.69) is 11.9 Å². The summed E-state index contributed by atoms with van der Waals surface area (Å²) in [7, 11) is 0. The molecule has 0 saturated carbocycles. The maximum Gasteiger partial charge on any atom is 0.249 e. The van der Waals surface area contributed by atoms with Crippen LogP contribution >= 0.6 is 11.6 Å². The van der Waals surface area contributed by atoms with Crippen LogP contribution in [0, 0.1) is 0 Å². The number of rotatable bonds is 7. The van der Waals surface area contributed by atoms with E-state index in [-0.39, 0.29) is 11.8 Å². The number of hydrogen-bond acceptors (Lipinski definition) is 3. The first kappa shape index (κ1) is 17.5. The van der Waals surface area contributed by atoms with Crippen LogP contribution in [0.5, 0.6) is 0 Å². The van der Waals surface area contributed by atoms with Crippen molar-refractivity contribution in [1.29, 1.82) is 0 Å². The van der Waals surface area contributed by atoms with Crippen molar-refractivity contribution in [1.82, 2.24) is 5.32 Å². The molecule has 6 heteroatoms. The van der Waals surface area contributed by atoms with Gasteiger partial charge in [-0.2, -0.15) is 0 Å². The highest BCUT2D eigenvalue weighted by Gasteiger charge is 2.35. The summed E-state index contributed by atoms with van der Waals surface area (Å²) in [5.41, 5.74) is 0.672. The normalized spacial score (nSPS) is 18.8. The van der Waals surface area contributed by atoms with Crippen molar-refractivity contribution in [3.63, 3.8) is 0 Å². The topological polar surface area (TPSA) is 58.6 Å². The highest BCUT2D eigenvalue weighted by Crippen LogP contribution is 2.28. The lowest BCUT2D eigenvalue weighted by Gasteiger charge is -2.19. The minimum absolute atomic E-state index is 0.148. The van der Waals surface area contributed by atoms with Gasteiger partial charge in [0.05, 0.1) is 17.3 Å². The molecule has 1 heterocycles. The first-order valence-electron chi connectivity index (χ1n) is 7.63. The van der Waals surface area contributed by atoms with Gasteiger partial charge in [-0.25, -0.2) is 0 Å². The first-order valence-corrected chi connectivity index (χ1v) is 8.01. The number of halogens is 1. The Bertz CT molecular complexity index is 591. The Hall–Kier alpha value is -1.85. The van der Waals surface area contributed by atoms with Crippen molar-refractivity contribution in [2.45, 2.75) is 31.9 Å². The van der Waals surface area contributed by atoms with E-state index in [0.29, 0.717) is 36.7 Å². The molecule has 0 radical (unpaired) electrons. The number of benzene rings is 1. The summed E-state index contributed by atoms with van der Waals surface area (Å²) in [6.07, 6.45) is 2.36. The quantitative estimate of drug-likeness (QED) is 0.615. The Morgan fingerprint density at radius 2 is 2.30 bits per heavy atom. The van der Waals surface area contributed by atoms with E-state index in [0.717, 1.165) is 0 Å². The zero-order chi connectivity index (χ0) is 16.8. The Morgan fingerprint density at radius 3 is 3.00 bits per heavy atom. The van der Waals surface area contributed by atoms with E-state index in [4.69, 9.17) is 16.3 Å². The van der Waals surface area contributed by atoms with E-state index in [1.54, 1.807) is 30.0 Å². The van der Waals surface area contributed by atoms with Crippen molar-refractivity contribution in [2.75, 3.05) is 18.1 Å². The third kappa shape index (κ3) is 4.33. The molecule has 5 nitrogen and oxygen atoms in total. The fourth-order valence-electron chi connectivity index (χ4n) is 2.42. The minimum atomic E-state index is -0.600. The van der Waals surface area contributed by atoms with Crippen molar-refractivity contribution in [3.8, 4) is 0 Å². The summed E-state index contributed by atoms with van der Waals surface area (Å²) >= 11 is 6.14. The molecule has 0 unspecified atom stereocenters. The Labute approximate surface area is 141 Å². The standard InChI is InChI=1S/C17H21ClN2O3/c1-3-4-11-23-12(2)16(21)19-14-9-10-20(17(14)22)15-8-6-5-7-13(15)18/h3,5-8,12,14H,1,4,9-11H2,2H3,(H,19,21)/t12-,14-/m0/s1. The fourth-order valence-corrected chi connectivity index (χ4v) is 2.65. The summed E-state index contributed by atoms with van der Waals surface area (Å²) in [6, 6.07) is 6.64. The number of hydrogen-bond donors (Lipinski definition) is 1. The number of ether oxygens (including phenoxy) is 1. The number of para-hydroxylation sites is 1. The maximum absolute atomic E-state index is 12.5. The monoisotopic (exact) mass is 336 g/mol. The molecular weight excluding hydrogens is 316 g/mol. The van der Waals surface area contributed by atoms with Crippen LogP contribution in [-0.2, 0) is 14.3 Å². The Morgan fingerprint density at radius 1 is 1.57 bits per heavy atom. The largest absolute Gasteiger partial charge is 0.368 e. The van der Waals surface area contributed by atoms with Gasteiger partial charge in [0.2, 0.25) is 11.8 Å². The smallest absolute Gasteiger partial charge is 0.249 e. The third-order valence-corrected chi connectivity index (χ3v) is 4.04. The fraction of sp³-hybridized carbons (Fsp3) is 0.412. The van der Waals surface area contributed by atoms with E-state index < -0.39 is 12.1 Å². The molecule has 2 amide bonds. The predicted molar refractivity (Wildman–Crippen MR) is 90.6 cm³/mol. The van der Waals surface area contributed by atoms with Gasteiger partial charge in [0, 0.05) is 6.54 Å². The molecule has 0 spiro atoms. The Kier molecular flexibility index (Phi) is 6.19.